The van der Waals surface area contributed by atoms with Crippen molar-refractivity contribution in [3.05, 3.63) is 70.2 Å². The maximum atomic E-state index is 3.44. The summed E-state index contributed by atoms with van der Waals surface area (Å²) in [6.45, 7) is 11.3. The molecule has 5 rings (SSSR count). The van der Waals surface area contributed by atoms with Crippen molar-refractivity contribution >= 4 is 17.0 Å². The molecule has 0 saturated carbocycles. The highest BCUT2D eigenvalue weighted by Crippen LogP contribution is 2.24. The van der Waals surface area contributed by atoms with Crippen LogP contribution < -0.4 is 10.6 Å². The van der Waals surface area contributed by atoms with E-state index in [0.717, 1.165) is 19.5 Å². The Balaban J connectivity index is 0.000000177. The van der Waals surface area contributed by atoms with E-state index in [0.29, 0.717) is 0 Å². The van der Waals surface area contributed by atoms with Crippen LogP contribution in [0.2, 0.25) is 0 Å². The van der Waals surface area contributed by atoms with Gasteiger partial charge in [0.25, 0.3) is 0 Å². The predicted molar refractivity (Wildman–Crippen MR) is 125 cm³/mol. The van der Waals surface area contributed by atoms with Crippen molar-refractivity contribution in [2.75, 3.05) is 18.4 Å². The maximum absolute atomic E-state index is 3.44. The Hall–Kier alpha value is -2.04. The van der Waals surface area contributed by atoms with Crippen molar-refractivity contribution in [3.8, 4) is 5.69 Å². The average Bonchev–Trinajstić information content (AvgIpc) is 3.31. The molecule has 0 aliphatic carbocycles. The normalized spacial score (nSPS) is 13.7. The molecule has 0 spiro atoms. The topological polar surface area (TPSA) is 29.0 Å². The number of nitrogens with zero attached hydrogens (tertiary/aromatic N) is 1. The molecule has 2 N–H and O–H groups in total. The van der Waals surface area contributed by atoms with Crippen molar-refractivity contribution in [1.82, 2.24) is 9.88 Å². The molecule has 3 aromatic rings. The van der Waals surface area contributed by atoms with Gasteiger partial charge in [0.05, 0.1) is 11.4 Å². The zero-order valence-corrected chi connectivity index (χ0v) is 18.6. The Bertz CT molecular complexity index is 783. The van der Waals surface area contributed by atoms with Crippen LogP contribution in [0.4, 0.5) is 5.69 Å². The summed E-state index contributed by atoms with van der Waals surface area (Å²) in [5, 5.41) is 9.03. The van der Waals surface area contributed by atoms with Gasteiger partial charge in [-0.15, -0.1) is 11.3 Å². The predicted octanol–water partition coefficient (Wildman–Crippen LogP) is 6.28. The number of hydrogen-bond donors (Lipinski definition) is 2. The van der Waals surface area contributed by atoms with Gasteiger partial charge in [-0.05, 0) is 60.7 Å². The van der Waals surface area contributed by atoms with Gasteiger partial charge >= 0.3 is 0 Å². The number of hydrogen-bond acceptors (Lipinski definition) is 3. The third-order valence-corrected chi connectivity index (χ3v) is 5.63. The molecule has 4 heteroatoms. The van der Waals surface area contributed by atoms with Gasteiger partial charge in [0.2, 0.25) is 0 Å². The van der Waals surface area contributed by atoms with Crippen LogP contribution in [0.1, 0.15) is 50.3 Å². The molecule has 2 aliphatic rings. The van der Waals surface area contributed by atoms with Gasteiger partial charge in [0.15, 0.2) is 0 Å². The minimum absolute atomic E-state index is 1.01. The summed E-state index contributed by atoms with van der Waals surface area (Å²) >= 11 is 1.90. The molecular weight excluding hydrogens is 362 g/mol. The lowest BCUT2D eigenvalue weighted by atomic mass is 10.2. The quantitative estimate of drug-likeness (QED) is 0.467. The maximum Gasteiger partial charge on any atom is 0.0685 e. The first-order valence-electron chi connectivity index (χ1n) is 10.7. The third kappa shape index (κ3) is 5.73. The molecule has 3 nitrogen and oxygen atoms in total. The molecule has 0 bridgehead atoms. The van der Waals surface area contributed by atoms with E-state index in [4.69, 9.17) is 0 Å². The Morgan fingerprint density at radius 3 is 2.57 bits per heavy atom. The van der Waals surface area contributed by atoms with Crippen LogP contribution >= 0.6 is 11.3 Å². The van der Waals surface area contributed by atoms with Crippen LogP contribution in [0, 0.1) is 0 Å². The van der Waals surface area contributed by atoms with E-state index in [-0.39, 0.29) is 0 Å². The highest BCUT2D eigenvalue weighted by atomic mass is 32.1. The molecule has 2 aromatic heterocycles. The minimum atomic E-state index is 1.01. The Morgan fingerprint density at radius 2 is 1.71 bits per heavy atom. The van der Waals surface area contributed by atoms with E-state index < -0.39 is 0 Å². The number of nitrogens with one attached hydrogen (secondary N) is 2. The van der Waals surface area contributed by atoms with E-state index in [1.165, 1.54) is 42.0 Å². The SMILES string of the molecule is CC.CC.c1cc2c(s1)CCCNC2.c1ccc2c(c1)NCCc1cccn1-2. The van der Waals surface area contributed by atoms with Gasteiger partial charge in [0.1, 0.15) is 0 Å². The molecule has 0 radical (unpaired) electrons. The monoisotopic (exact) mass is 397 g/mol. The molecule has 0 fully saturated rings. The molecule has 1 aromatic carbocycles. The minimum Gasteiger partial charge on any atom is -0.383 e. The van der Waals surface area contributed by atoms with Crippen LogP contribution in [0.15, 0.2) is 54.0 Å². The molecule has 4 heterocycles. The van der Waals surface area contributed by atoms with Gasteiger partial charge in [0, 0.05) is 36.3 Å². The number of aryl methyl sites for hydroxylation is 1. The molecule has 28 heavy (non-hydrogen) atoms. The largest absolute Gasteiger partial charge is 0.383 e. The van der Waals surface area contributed by atoms with Gasteiger partial charge in [-0.3, -0.25) is 0 Å². The Morgan fingerprint density at radius 1 is 0.893 bits per heavy atom. The number of anilines is 1. The van der Waals surface area contributed by atoms with Crippen molar-refractivity contribution in [1.29, 1.82) is 0 Å². The van der Waals surface area contributed by atoms with E-state index in [1.807, 2.05) is 39.0 Å². The van der Waals surface area contributed by atoms with Crippen LogP contribution in [-0.2, 0) is 19.4 Å². The number of fused-ring (bicyclic) bond motifs is 4. The van der Waals surface area contributed by atoms with Crippen LogP contribution in [-0.4, -0.2) is 17.7 Å². The van der Waals surface area contributed by atoms with Crippen molar-refractivity contribution < 1.29 is 0 Å². The summed E-state index contributed by atoms with van der Waals surface area (Å²) in [6, 6.07) is 15.0. The Labute approximate surface area is 174 Å². The molecule has 0 amide bonds. The van der Waals surface area contributed by atoms with Gasteiger partial charge in [-0.1, -0.05) is 39.8 Å². The van der Waals surface area contributed by atoms with E-state index in [1.54, 1.807) is 4.88 Å². The molecule has 152 valence electrons. The van der Waals surface area contributed by atoms with Gasteiger partial charge in [-0.25, -0.2) is 0 Å². The molecule has 0 saturated heterocycles. The summed E-state index contributed by atoms with van der Waals surface area (Å²) in [5.41, 5.74) is 5.37. The molecular formula is C24H35N3S. The standard InChI is InChI=1S/C12H12N2.C8H11NS.2C2H6/c1-2-6-12-11(5-1)13-8-7-10-4-3-9-14(10)12;1-2-8-7(3-5-10-8)6-9-4-1;2*1-2/h1-6,9,13H,7-8H2;3,5,9H,1-2,4,6H2;2*1-2H3. The average molecular weight is 398 g/mol. The molecule has 2 aliphatic heterocycles. The fourth-order valence-corrected chi connectivity index (χ4v) is 4.30. The van der Waals surface area contributed by atoms with Gasteiger partial charge < -0.3 is 15.2 Å². The highest BCUT2D eigenvalue weighted by Gasteiger charge is 2.11. The van der Waals surface area contributed by atoms with E-state index in [9.17, 15) is 0 Å². The summed E-state index contributed by atoms with van der Waals surface area (Å²) in [6.07, 6.45) is 5.79. The number of para-hydroxylation sites is 2. The van der Waals surface area contributed by atoms with E-state index >= 15 is 0 Å². The van der Waals surface area contributed by atoms with Crippen LogP contribution in [0.3, 0.4) is 0 Å². The second-order valence-electron chi connectivity index (χ2n) is 6.21. The fourth-order valence-electron chi connectivity index (χ4n) is 3.35. The number of thiophene rings is 1. The number of benzene rings is 1. The third-order valence-electron chi connectivity index (χ3n) is 4.60. The summed E-state index contributed by atoms with van der Waals surface area (Å²) in [5.74, 6) is 0. The summed E-state index contributed by atoms with van der Waals surface area (Å²) in [7, 11) is 0. The van der Waals surface area contributed by atoms with Crippen LogP contribution in [0.25, 0.3) is 5.69 Å². The summed E-state index contributed by atoms with van der Waals surface area (Å²) < 4.78 is 2.26. The number of aromatic nitrogens is 1. The lowest BCUT2D eigenvalue weighted by Crippen LogP contribution is -2.11. The van der Waals surface area contributed by atoms with Crippen LogP contribution in [0.5, 0.6) is 0 Å². The summed E-state index contributed by atoms with van der Waals surface area (Å²) in [4.78, 5) is 1.59. The first-order valence-corrected chi connectivity index (χ1v) is 11.6. The second-order valence-corrected chi connectivity index (χ2v) is 7.21. The molecule has 0 unspecified atom stereocenters. The Kier molecular flexibility index (Phi) is 9.87. The first-order chi connectivity index (χ1) is 13.9. The smallest absolute Gasteiger partial charge is 0.0685 e. The zero-order chi connectivity index (χ0) is 20.2. The fraction of sp³-hybridized carbons (Fsp3) is 0.417. The number of rotatable bonds is 0. The van der Waals surface area contributed by atoms with Crippen molar-refractivity contribution in [2.24, 2.45) is 0 Å². The van der Waals surface area contributed by atoms with Crippen molar-refractivity contribution in [2.45, 2.75) is 53.5 Å². The van der Waals surface area contributed by atoms with E-state index in [2.05, 4.69) is 69.2 Å². The highest BCUT2D eigenvalue weighted by molar-refractivity contribution is 7.10. The van der Waals surface area contributed by atoms with Crippen molar-refractivity contribution in [3.63, 3.8) is 0 Å². The lowest BCUT2D eigenvalue weighted by Gasteiger charge is -2.08. The lowest BCUT2D eigenvalue weighted by molar-refractivity contribution is 0.681. The zero-order valence-electron chi connectivity index (χ0n) is 17.8. The van der Waals surface area contributed by atoms with Gasteiger partial charge in [-0.2, -0.15) is 0 Å². The first kappa shape index (κ1) is 22.3. The molecule has 0 atom stereocenters. The second kappa shape index (κ2) is 12.4.